The molecule has 10 nitrogen and oxygen atoms in total. The fraction of sp³-hybridized carbons (Fsp3) is 0.0833. The molecule has 3 rings (SSSR count). The zero-order valence-corrected chi connectivity index (χ0v) is 12.4. The van der Waals surface area contributed by atoms with Gasteiger partial charge >= 0.3 is 0 Å². The van der Waals surface area contributed by atoms with Crippen LogP contribution in [0.3, 0.4) is 0 Å². The van der Waals surface area contributed by atoms with E-state index in [0.29, 0.717) is 5.16 Å². The first-order chi connectivity index (χ1) is 11.0. The Morgan fingerprint density at radius 3 is 2.57 bits per heavy atom. The van der Waals surface area contributed by atoms with Crippen molar-refractivity contribution in [3.8, 4) is 0 Å². The van der Waals surface area contributed by atoms with Crippen molar-refractivity contribution in [3.63, 3.8) is 0 Å². The SMILES string of the molecule is Cn1cnnc1Sc1c([N+](=O)[O-])cc([N+](=O)[O-])c2cccnc12. The predicted octanol–water partition coefficient (Wildman–Crippen LogP) is 2.33. The van der Waals surface area contributed by atoms with E-state index in [1.54, 1.807) is 11.6 Å². The molecule has 0 spiro atoms. The van der Waals surface area contributed by atoms with E-state index in [1.165, 1.54) is 24.7 Å². The van der Waals surface area contributed by atoms with Crippen molar-refractivity contribution in [1.29, 1.82) is 0 Å². The van der Waals surface area contributed by atoms with Crippen LogP contribution < -0.4 is 0 Å². The van der Waals surface area contributed by atoms with Crippen LogP contribution in [0.4, 0.5) is 11.4 Å². The van der Waals surface area contributed by atoms with Crippen LogP contribution in [0.1, 0.15) is 0 Å². The van der Waals surface area contributed by atoms with Crippen molar-refractivity contribution in [2.24, 2.45) is 7.05 Å². The minimum absolute atomic E-state index is 0.182. The average Bonchev–Trinajstić information content (AvgIpc) is 2.92. The predicted molar refractivity (Wildman–Crippen MR) is 80.2 cm³/mol. The van der Waals surface area contributed by atoms with E-state index >= 15 is 0 Å². The molecule has 0 saturated heterocycles. The Hall–Kier alpha value is -3.08. The van der Waals surface area contributed by atoms with E-state index in [-0.39, 0.29) is 21.5 Å². The van der Waals surface area contributed by atoms with E-state index in [0.717, 1.165) is 17.8 Å². The van der Waals surface area contributed by atoms with E-state index in [4.69, 9.17) is 0 Å². The molecule has 0 bridgehead atoms. The lowest BCUT2D eigenvalue weighted by molar-refractivity contribution is -0.394. The first-order valence-corrected chi connectivity index (χ1v) is 7.03. The van der Waals surface area contributed by atoms with Crippen LogP contribution in [0.2, 0.25) is 0 Å². The van der Waals surface area contributed by atoms with Gasteiger partial charge in [-0.25, -0.2) is 0 Å². The highest BCUT2D eigenvalue weighted by Gasteiger charge is 2.27. The average molecular weight is 332 g/mol. The Morgan fingerprint density at radius 2 is 1.96 bits per heavy atom. The minimum Gasteiger partial charge on any atom is -0.311 e. The van der Waals surface area contributed by atoms with E-state index < -0.39 is 15.5 Å². The highest BCUT2D eigenvalue weighted by molar-refractivity contribution is 7.99. The summed E-state index contributed by atoms with van der Waals surface area (Å²) in [7, 11) is 1.69. The van der Waals surface area contributed by atoms with Gasteiger partial charge < -0.3 is 4.57 Å². The van der Waals surface area contributed by atoms with Gasteiger partial charge in [-0.05, 0) is 23.9 Å². The number of non-ortho nitro benzene ring substituents is 1. The van der Waals surface area contributed by atoms with Crippen molar-refractivity contribution in [2.45, 2.75) is 10.1 Å². The summed E-state index contributed by atoms with van der Waals surface area (Å²) in [4.78, 5) is 25.5. The van der Waals surface area contributed by atoms with Gasteiger partial charge in [-0.2, -0.15) is 0 Å². The second-order valence-electron chi connectivity index (χ2n) is 4.48. The number of nitrogens with zero attached hydrogens (tertiary/aromatic N) is 6. The molecule has 0 aliphatic heterocycles. The van der Waals surface area contributed by atoms with E-state index in [1.807, 2.05) is 0 Å². The number of aryl methyl sites for hydroxylation is 1. The van der Waals surface area contributed by atoms with Gasteiger partial charge in [-0.1, -0.05) is 0 Å². The molecular formula is C12H8N6O4S. The largest absolute Gasteiger partial charge is 0.311 e. The maximum Gasteiger partial charge on any atom is 0.292 e. The molecule has 0 saturated carbocycles. The quantitative estimate of drug-likeness (QED) is 0.525. The van der Waals surface area contributed by atoms with Gasteiger partial charge in [0.15, 0.2) is 5.16 Å². The van der Waals surface area contributed by atoms with Crippen molar-refractivity contribution < 1.29 is 9.85 Å². The van der Waals surface area contributed by atoms with Crippen LogP contribution in [-0.2, 0) is 7.05 Å². The second kappa shape index (κ2) is 5.61. The topological polar surface area (TPSA) is 130 Å². The Balaban J connectivity index is 2.32. The Bertz CT molecular complexity index is 940. The lowest BCUT2D eigenvalue weighted by Crippen LogP contribution is -1.99. The normalized spacial score (nSPS) is 10.8. The Kier molecular flexibility index (Phi) is 3.62. The molecule has 3 aromatic rings. The second-order valence-corrected chi connectivity index (χ2v) is 5.46. The summed E-state index contributed by atoms with van der Waals surface area (Å²) in [6.07, 6.45) is 2.88. The standard InChI is InChI=1S/C12H8N6O4S/c1-16-6-14-15-12(16)23-11-9(18(21)22)5-8(17(19)20)7-3-2-4-13-10(7)11/h2-6H,1H3. The molecule has 0 atom stereocenters. The minimum atomic E-state index is -0.667. The first-order valence-electron chi connectivity index (χ1n) is 6.21. The zero-order chi connectivity index (χ0) is 16.6. The van der Waals surface area contributed by atoms with Crippen LogP contribution in [0.15, 0.2) is 40.8 Å². The number of hydrogen-bond donors (Lipinski definition) is 0. The number of benzene rings is 1. The number of nitro groups is 2. The molecule has 0 aliphatic rings. The number of fused-ring (bicyclic) bond motifs is 1. The van der Waals surface area contributed by atoms with Crippen molar-refractivity contribution in [3.05, 3.63) is 51.0 Å². The molecule has 0 fully saturated rings. The zero-order valence-electron chi connectivity index (χ0n) is 11.6. The molecule has 0 aliphatic carbocycles. The first kappa shape index (κ1) is 14.8. The van der Waals surface area contributed by atoms with Crippen molar-refractivity contribution in [1.82, 2.24) is 19.7 Å². The fourth-order valence-corrected chi connectivity index (χ4v) is 2.99. The molecule has 0 amide bonds. The third-order valence-corrected chi connectivity index (χ3v) is 4.22. The molecule has 0 radical (unpaired) electrons. The highest BCUT2D eigenvalue weighted by atomic mass is 32.2. The third-order valence-electron chi connectivity index (χ3n) is 3.06. The van der Waals surface area contributed by atoms with Crippen LogP contribution in [-0.4, -0.2) is 29.6 Å². The molecule has 116 valence electrons. The molecule has 1 aromatic carbocycles. The molecule has 2 aromatic heterocycles. The monoisotopic (exact) mass is 332 g/mol. The van der Waals surface area contributed by atoms with Gasteiger partial charge in [0, 0.05) is 13.2 Å². The maximum atomic E-state index is 11.4. The summed E-state index contributed by atoms with van der Waals surface area (Å²) in [5.74, 6) is 0. The van der Waals surface area contributed by atoms with Crippen LogP contribution in [0.5, 0.6) is 0 Å². The van der Waals surface area contributed by atoms with Crippen molar-refractivity contribution in [2.75, 3.05) is 0 Å². The summed E-state index contributed by atoms with van der Waals surface area (Å²) >= 11 is 0.988. The highest BCUT2D eigenvalue weighted by Crippen LogP contribution is 2.42. The lowest BCUT2D eigenvalue weighted by atomic mass is 10.1. The Labute approximate surface area is 132 Å². The van der Waals surface area contributed by atoms with Gasteiger partial charge in [0.2, 0.25) is 0 Å². The van der Waals surface area contributed by atoms with Crippen LogP contribution >= 0.6 is 11.8 Å². The maximum absolute atomic E-state index is 11.4. The summed E-state index contributed by atoms with van der Waals surface area (Å²) < 4.78 is 1.59. The summed E-state index contributed by atoms with van der Waals surface area (Å²) in [6, 6.07) is 3.99. The Morgan fingerprint density at radius 1 is 1.22 bits per heavy atom. The number of hydrogen-bond acceptors (Lipinski definition) is 8. The van der Waals surface area contributed by atoms with Crippen LogP contribution in [0.25, 0.3) is 10.9 Å². The molecule has 0 unspecified atom stereocenters. The van der Waals surface area contributed by atoms with Crippen molar-refractivity contribution >= 4 is 34.0 Å². The summed E-state index contributed by atoms with van der Waals surface area (Å²) in [5.41, 5.74) is -0.570. The molecule has 2 heterocycles. The number of aromatic nitrogens is 4. The number of rotatable bonds is 4. The van der Waals surface area contributed by atoms with E-state index in [2.05, 4.69) is 15.2 Å². The van der Waals surface area contributed by atoms with Gasteiger partial charge in [0.05, 0.1) is 26.8 Å². The summed E-state index contributed by atoms with van der Waals surface area (Å²) in [6.45, 7) is 0. The smallest absolute Gasteiger partial charge is 0.292 e. The molecular weight excluding hydrogens is 324 g/mol. The molecule has 0 N–H and O–H groups in total. The number of nitro benzene ring substituents is 2. The van der Waals surface area contributed by atoms with Gasteiger partial charge in [-0.3, -0.25) is 25.2 Å². The van der Waals surface area contributed by atoms with Crippen LogP contribution in [0, 0.1) is 20.2 Å². The van der Waals surface area contributed by atoms with Gasteiger partial charge in [0.1, 0.15) is 11.2 Å². The van der Waals surface area contributed by atoms with E-state index in [9.17, 15) is 20.2 Å². The number of pyridine rings is 1. The lowest BCUT2D eigenvalue weighted by Gasteiger charge is -2.06. The van der Waals surface area contributed by atoms with Gasteiger partial charge in [-0.15, -0.1) is 10.2 Å². The van der Waals surface area contributed by atoms with Gasteiger partial charge in [0.25, 0.3) is 11.4 Å². The summed E-state index contributed by atoms with van der Waals surface area (Å²) in [5, 5.41) is 30.8. The fourth-order valence-electron chi connectivity index (χ4n) is 2.03. The molecule has 11 heteroatoms. The molecule has 23 heavy (non-hydrogen) atoms. The third kappa shape index (κ3) is 2.57.